The van der Waals surface area contributed by atoms with E-state index in [-0.39, 0.29) is 0 Å². The molecule has 0 aliphatic carbocycles. The number of carbonyl (C=O) groups excluding carboxylic acids is 1. The summed E-state index contributed by atoms with van der Waals surface area (Å²) in [5.41, 5.74) is 3.10. The van der Waals surface area contributed by atoms with Crippen LogP contribution in [0.25, 0.3) is 27.6 Å². The number of fused-ring (bicyclic) bond motifs is 2. The zero-order valence-corrected chi connectivity index (χ0v) is 15.1. The van der Waals surface area contributed by atoms with Gasteiger partial charge in [0.05, 0.1) is 0 Å². The van der Waals surface area contributed by atoms with Crippen LogP contribution in [0.2, 0.25) is 0 Å². The fourth-order valence-electron chi connectivity index (χ4n) is 2.95. The summed E-state index contributed by atoms with van der Waals surface area (Å²) in [6, 6.07) is 19.2. The van der Waals surface area contributed by atoms with E-state index >= 15 is 0 Å². The molecular weight excluding hydrogens is 316 g/mol. The first-order valence-corrected chi connectivity index (χ1v) is 8.74. The van der Waals surface area contributed by atoms with Crippen molar-refractivity contribution < 1.29 is 4.79 Å². The molecule has 1 heteroatoms. The molecule has 0 radical (unpaired) electrons. The van der Waals surface area contributed by atoms with Crippen molar-refractivity contribution in [1.29, 1.82) is 0 Å². The predicted molar refractivity (Wildman–Crippen MR) is 113 cm³/mol. The van der Waals surface area contributed by atoms with Gasteiger partial charge in [-0.3, -0.25) is 4.79 Å². The van der Waals surface area contributed by atoms with E-state index in [1.807, 2.05) is 18.2 Å². The van der Waals surface area contributed by atoms with Gasteiger partial charge in [-0.1, -0.05) is 90.6 Å². The fraction of sp³-hybridized carbons (Fsp3) is 0.0800. The molecule has 0 spiro atoms. The average molecular weight is 338 g/mol. The van der Waals surface area contributed by atoms with Gasteiger partial charge in [-0.2, -0.15) is 0 Å². The highest BCUT2D eigenvalue weighted by atomic mass is 16.1. The number of hydrogen-bond donors (Lipinski definition) is 0. The van der Waals surface area contributed by atoms with E-state index in [1.54, 1.807) is 13.0 Å². The first kappa shape index (κ1) is 17.6. The molecule has 0 fully saturated rings. The van der Waals surface area contributed by atoms with Gasteiger partial charge in [0, 0.05) is 0 Å². The monoisotopic (exact) mass is 338 g/mol. The summed E-state index contributed by atoms with van der Waals surface area (Å²) in [6.07, 6.45) is 12.9. The Morgan fingerprint density at radius 1 is 0.769 bits per heavy atom. The van der Waals surface area contributed by atoms with Gasteiger partial charge in [-0.05, 0) is 52.6 Å². The van der Waals surface area contributed by atoms with Crippen molar-refractivity contribution in [3.63, 3.8) is 0 Å². The van der Waals surface area contributed by atoms with Crippen LogP contribution in [0.4, 0.5) is 0 Å². The Balaban J connectivity index is 1.99. The first-order chi connectivity index (χ1) is 12.7. The van der Waals surface area contributed by atoms with Crippen LogP contribution < -0.4 is 0 Å². The molecule has 3 aromatic rings. The molecule has 0 aromatic heterocycles. The molecule has 0 N–H and O–H groups in total. The molecule has 0 saturated carbocycles. The van der Waals surface area contributed by atoms with Gasteiger partial charge in [0.15, 0.2) is 0 Å². The second-order valence-corrected chi connectivity index (χ2v) is 6.39. The number of carbonyl (C=O) groups is 1. The van der Waals surface area contributed by atoms with Crippen LogP contribution in [0, 0.1) is 0 Å². The van der Waals surface area contributed by atoms with Crippen molar-refractivity contribution >= 4 is 33.9 Å². The lowest BCUT2D eigenvalue weighted by Crippen LogP contribution is -1.83. The SMILES string of the molecule is C\C(C=O)=C/C=C/C=C(C)/C=C/c1c2ccccc2cc2ccccc12. The quantitative estimate of drug-likeness (QED) is 0.220. The zero-order valence-electron chi connectivity index (χ0n) is 15.1. The normalized spacial score (nSPS) is 13.3. The Kier molecular flexibility index (Phi) is 5.60. The lowest BCUT2D eigenvalue weighted by Gasteiger charge is -2.08. The van der Waals surface area contributed by atoms with Gasteiger partial charge in [-0.25, -0.2) is 0 Å². The lowest BCUT2D eigenvalue weighted by molar-refractivity contribution is -0.104. The number of rotatable bonds is 5. The molecule has 3 rings (SSSR count). The summed E-state index contributed by atoms with van der Waals surface area (Å²) in [5.74, 6) is 0. The Morgan fingerprint density at radius 2 is 1.31 bits per heavy atom. The van der Waals surface area contributed by atoms with Crippen LogP contribution >= 0.6 is 0 Å². The minimum Gasteiger partial charge on any atom is -0.298 e. The molecule has 1 nitrogen and oxygen atoms in total. The minimum absolute atomic E-state index is 0.713. The molecule has 0 atom stereocenters. The van der Waals surface area contributed by atoms with Crippen molar-refractivity contribution in [2.45, 2.75) is 13.8 Å². The molecule has 0 heterocycles. The number of hydrogen-bond acceptors (Lipinski definition) is 1. The Morgan fingerprint density at radius 3 is 1.88 bits per heavy atom. The molecule has 3 aromatic carbocycles. The smallest absolute Gasteiger partial charge is 0.145 e. The summed E-state index contributed by atoms with van der Waals surface area (Å²) in [5, 5.41) is 5.02. The Labute approximate surface area is 154 Å². The van der Waals surface area contributed by atoms with Crippen LogP contribution in [0.1, 0.15) is 19.4 Å². The summed E-state index contributed by atoms with van der Waals surface area (Å²) in [4.78, 5) is 10.6. The molecule has 0 aliphatic heterocycles. The van der Waals surface area contributed by atoms with E-state index in [1.165, 1.54) is 27.1 Å². The highest BCUT2D eigenvalue weighted by Gasteiger charge is 2.04. The third-order valence-electron chi connectivity index (χ3n) is 4.34. The summed E-state index contributed by atoms with van der Waals surface area (Å²) in [6.45, 7) is 3.86. The van der Waals surface area contributed by atoms with E-state index in [0.717, 1.165) is 11.9 Å². The number of aldehydes is 1. The van der Waals surface area contributed by atoms with Crippen LogP contribution in [-0.4, -0.2) is 6.29 Å². The minimum atomic E-state index is 0.713. The highest BCUT2D eigenvalue weighted by Crippen LogP contribution is 2.29. The second kappa shape index (κ2) is 8.26. The van der Waals surface area contributed by atoms with Gasteiger partial charge in [0.1, 0.15) is 6.29 Å². The van der Waals surface area contributed by atoms with Gasteiger partial charge in [0.2, 0.25) is 0 Å². The number of allylic oxidation sites excluding steroid dienone is 7. The Hall–Kier alpha value is -3.19. The van der Waals surface area contributed by atoms with E-state index in [2.05, 4.69) is 73.7 Å². The molecule has 0 unspecified atom stereocenters. The molecular formula is C25H22O. The topological polar surface area (TPSA) is 17.1 Å². The molecule has 0 aliphatic rings. The lowest BCUT2D eigenvalue weighted by atomic mass is 9.96. The molecule has 0 saturated heterocycles. The fourth-order valence-corrected chi connectivity index (χ4v) is 2.95. The maximum absolute atomic E-state index is 10.6. The standard InChI is InChI=1S/C25H22O/c1-19(9-3-4-10-20(2)18-26)15-16-25-23-13-7-5-11-21(23)17-22-12-6-8-14-24(22)25/h3-18H,1-2H3/b4-3+,16-15+,19-9+,20-10+. The zero-order chi connectivity index (χ0) is 18.4. The molecule has 0 amide bonds. The van der Waals surface area contributed by atoms with Crippen LogP contribution in [0.15, 0.2) is 96.1 Å². The van der Waals surface area contributed by atoms with Gasteiger partial charge in [0.25, 0.3) is 0 Å². The third-order valence-corrected chi connectivity index (χ3v) is 4.34. The first-order valence-electron chi connectivity index (χ1n) is 8.74. The number of benzene rings is 3. The van der Waals surface area contributed by atoms with Gasteiger partial charge < -0.3 is 0 Å². The van der Waals surface area contributed by atoms with E-state index in [0.29, 0.717) is 5.57 Å². The summed E-state index contributed by atoms with van der Waals surface area (Å²) < 4.78 is 0. The second-order valence-electron chi connectivity index (χ2n) is 6.39. The van der Waals surface area contributed by atoms with Crippen molar-refractivity contribution in [1.82, 2.24) is 0 Å². The van der Waals surface area contributed by atoms with Crippen LogP contribution in [0.5, 0.6) is 0 Å². The maximum atomic E-state index is 10.6. The van der Waals surface area contributed by atoms with Crippen molar-refractivity contribution in [3.05, 3.63) is 102 Å². The van der Waals surface area contributed by atoms with E-state index in [4.69, 9.17) is 0 Å². The maximum Gasteiger partial charge on any atom is 0.145 e. The molecule has 0 bridgehead atoms. The average Bonchev–Trinajstić information content (AvgIpc) is 2.68. The van der Waals surface area contributed by atoms with Crippen molar-refractivity contribution in [2.75, 3.05) is 0 Å². The Bertz CT molecular complexity index is 1010. The van der Waals surface area contributed by atoms with Gasteiger partial charge >= 0.3 is 0 Å². The van der Waals surface area contributed by atoms with Gasteiger partial charge in [-0.15, -0.1) is 0 Å². The van der Waals surface area contributed by atoms with Crippen LogP contribution in [0.3, 0.4) is 0 Å². The summed E-state index contributed by atoms with van der Waals surface area (Å²) in [7, 11) is 0. The molecule has 26 heavy (non-hydrogen) atoms. The van der Waals surface area contributed by atoms with Crippen LogP contribution in [-0.2, 0) is 4.79 Å². The highest BCUT2D eigenvalue weighted by molar-refractivity contribution is 6.06. The summed E-state index contributed by atoms with van der Waals surface area (Å²) >= 11 is 0. The van der Waals surface area contributed by atoms with E-state index < -0.39 is 0 Å². The van der Waals surface area contributed by atoms with Crippen molar-refractivity contribution in [2.24, 2.45) is 0 Å². The van der Waals surface area contributed by atoms with E-state index in [9.17, 15) is 4.79 Å². The largest absolute Gasteiger partial charge is 0.298 e. The van der Waals surface area contributed by atoms with Crippen molar-refractivity contribution in [3.8, 4) is 0 Å². The molecule has 128 valence electrons. The predicted octanol–water partition coefficient (Wildman–Crippen LogP) is 6.65. The third kappa shape index (κ3) is 4.07.